The van der Waals surface area contributed by atoms with E-state index in [1.54, 1.807) is 7.05 Å². The van der Waals surface area contributed by atoms with Crippen LogP contribution < -0.4 is 15.4 Å². The molecule has 0 aliphatic heterocycles. The van der Waals surface area contributed by atoms with Gasteiger partial charge in [0.25, 0.3) is 0 Å². The first-order valence-corrected chi connectivity index (χ1v) is 9.70. The monoisotopic (exact) mass is 338 g/mol. The van der Waals surface area contributed by atoms with E-state index in [9.17, 15) is 8.42 Å². The molecule has 0 saturated heterocycles. The van der Waals surface area contributed by atoms with Crippen molar-refractivity contribution in [1.82, 2.24) is 15.4 Å². The average Bonchev–Trinajstić information content (AvgIpc) is 2.50. The minimum atomic E-state index is -3.22. The number of sulfonamides is 1. The van der Waals surface area contributed by atoms with Gasteiger partial charge < -0.3 is 10.6 Å². The minimum absolute atomic E-state index is 0.0474. The molecule has 128 valence electrons. The van der Waals surface area contributed by atoms with Gasteiger partial charge in [0, 0.05) is 26.7 Å². The molecule has 0 aromatic heterocycles. The smallest absolute Gasteiger partial charge is 0.213 e. The number of nitrogens with one attached hydrogen (secondary N) is 3. The molecule has 0 heterocycles. The van der Waals surface area contributed by atoms with Crippen molar-refractivity contribution in [2.24, 2.45) is 10.9 Å². The molecule has 0 bridgehead atoms. The molecule has 0 unspecified atom stereocenters. The molecule has 0 spiro atoms. The van der Waals surface area contributed by atoms with Gasteiger partial charge in [-0.05, 0) is 24.3 Å². The van der Waals surface area contributed by atoms with Crippen LogP contribution in [0.1, 0.15) is 24.8 Å². The average molecular weight is 338 g/mol. The summed E-state index contributed by atoms with van der Waals surface area (Å²) in [5.74, 6) is 1.17. The van der Waals surface area contributed by atoms with Gasteiger partial charge in [-0.15, -0.1) is 0 Å². The van der Waals surface area contributed by atoms with E-state index in [0.717, 1.165) is 18.4 Å². The summed E-state index contributed by atoms with van der Waals surface area (Å²) in [5, 5.41) is 6.20. The zero-order chi connectivity index (χ0) is 16.5. The number of guanidine groups is 1. The maximum absolute atomic E-state index is 11.9. The van der Waals surface area contributed by atoms with Gasteiger partial charge in [0.15, 0.2) is 5.96 Å². The summed E-state index contributed by atoms with van der Waals surface area (Å²) in [6.07, 6.45) is 3.49. The van der Waals surface area contributed by atoms with E-state index in [4.69, 9.17) is 0 Å². The Bertz CT molecular complexity index is 598. The Kier molecular flexibility index (Phi) is 6.85. The molecular weight excluding hydrogens is 312 g/mol. The molecule has 0 atom stereocenters. The highest BCUT2D eigenvalue weighted by Crippen LogP contribution is 2.25. The van der Waals surface area contributed by atoms with E-state index < -0.39 is 10.0 Å². The summed E-state index contributed by atoms with van der Waals surface area (Å²) in [4.78, 5) is 4.10. The first-order valence-electron chi connectivity index (χ1n) is 8.05. The van der Waals surface area contributed by atoms with Crippen molar-refractivity contribution in [1.29, 1.82) is 0 Å². The van der Waals surface area contributed by atoms with Gasteiger partial charge in [-0.2, -0.15) is 0 Å². The lowest BCUT2D eigenvalue weighted by Crippen LogP contribution is -2.41. The van der Waals surface area contributed by atoms with Crippen molar-refractivity contribution < 1.29 is 8.42 Å². The van der Waals surface area contributed by atoms with Crippen LogP contribution in [0.4, 0.5) is 0 Å². The molecule has 6 nitrogen and oxygen atoms in total. The van der Waals surface area contributed by atoms with Crippen LogP contribution in [0.15, 0.2) is 35.3 Å². The SMILES string of the molecule is CN=C(NCCS(=O)(=O)NCC1CCC1)NCc1ccccc1. The van der Waals surface area contributed by atoms with Gasteiger partial charge >= 0.3 is 0 Å². The van der Waals surface area contributed by atoms with E-state index in [1.807, 2.05) is 30.3 Å². The molecule has 1 fully saturated rings. The molecule has 1 saturated carbocycles. The zero-order valence-electron chi connectivity index (χ0n) is 13.6. The Balaban J connectivity index is 1.66. The predicted octanol–water partition coefficient (Wildman–Crippen LogP) is 1.07. The zero-order valence-corrected chi connectivity index (χ0v) is 14.4. The highest BCUT2D eigenvalue weighted by atomic mass is 32.2. The lowest BCUT2D eigenvalue weighted by atomic mass is 9.86. The van der Waals surface area contributed by atoms with Crippen LogP contribution in [0.5, 0.6) is 0 Å². The number of benzene rings is 1. The van der Waals surface area contributed by atoms with Crippen molar-refractivity contribution in [3.63, 3.8) is 0 Å². The lowest BCUT2D eigenvalue weighted by molar-refractivity contribution is 0.316. The lowest BCUT2D eigenvalue weighted by Gasteiger charge is -2.25. The van der Waals surface area contributed by atoms with E-state index in [-0.39, 0.29) is 5.75 Å². The maximum atomic E-state index is 11.9. The second-order valence-electron chi connectivity index (χ2n) is 5.80. The summed E-state index contributed by atoms with van der Waals surface area (Å²) >= 11 is 0. The van der Waals surface area contributed by atoms with E-state index in [1.165, 1.54) is 6.42 Å². The van der Waals surface area contributed by atoms with E-state index in [2.05, 4.69) is 20.3 Å². The number of aliphatic imine (C=N–C) groups is 1. The highest BCUT2D eigenvalue weighted by Gasteiger charge is 2.19. The number of rotatable bonds is 8. The van der Waals surface area contributed by atoms with Crippen LogP contribution in [0.25, 0.3) is 0 Å². The van der Waals surface area contributed by atoms with Gasteiger partial charge in [-0.3, -0.25) is 4.99 Å². The molecule has 1 aliphatic carbocycles. The maximum Gasteiger partial charge on any atom is 0.213 e. The fraction of sp³-hybridized carbons (Fsp3) is 0.562. The second kappa shape index (κ2) is 8.88. The minimum Gasteiger partial charge on any atom is -0.355 e. The third-order valence-corrected chi connectivity index (χ3v) is 5.35. The van der Waals surface area contributed by atoms with Crippen molar-refractivity contribution in [2.45, 2.75) is 25.8 Å². The second-order valence-corrected chi connectivity index (χ2v) is 7.73. The Morgan fingerprint density at radius 3 is 2.57 bits per heavy atom. The molecule has 1 aromatic rings. The fourth-order valence-corrected chi connectivity index (χ4v) is 3.32. The quantitative estimate of drug-likeness (QED) is 0.489. The van der Waals surface area contributed by atoms with Gasteiger partial charge in [-0.25, -0.2) is 13.1 Å². The third kappa shape index (κ3) is 6.58. The van der Waals surface area contributed by atoms with Crippen molar-refractivity contribution >= 4 is 16.0 Å². The van der Waals surface area contributed by atoms with Crippen LogP contribution in [-0.2, 0) is 16.6 Å². The first-order chi connectivity index (χ1) is 11.1. The number of hydrogen-bond acceptors (Lipinski definition) is 3. The van der Waals surface area contributed by atoms with Crippen LogP contribution in [0.3, 0.4) is 0 Å². The molecule has 1 aromatic carbocycles. The van der Waals surface area contributed by atoms with Crippen LogP contribution in [-0.4, -0.2) is 40.3 Å². The van der Waals surface area contributed by atoms with Gasteiger partial charge in [0.2, 0.25) is 10.0 Å². The summed E-state index contributed by atoms with van der Waals surface area (Å²) in [6, 6.07) is 9.98. The third-order valence-electron chi connectivity index (χ3n) is 4.01. The van der Waals surface area contributed by atoms with Crippen LogP contribution >= 0.6 is 0 Å². The molecule has 0 amide bonds. The molecule has 3 N–H and O–H groups in total. The molecule has 2 rings (SSSR count). The normalized spacial score (nSPS) is 16.0. The molecule has 23 heavy (non-hydrogen) atoms. The van der Waals surface area contributed by atoms with Crippen molar-refractivity contribution in [3.05, 3.63) is 35.9 Å². The van der Waals surface area contributed by atoms with Crippen molar-refractivity contribution in [2.75, 3.05) is 25.9 Å². The standard InChI is InChI=1S/C16H26N4O2S/c1-17-16(19-12-14-6-3-2-4-7-14)18-10-11-23(21,22)20-13-15-8-5-9-15/h2-4,6-7,15,20H,5,8-13H2,1H3,(H2,17,18,19). The Morgan fingerprint density at radius 2 is 1.96 bits per heavy atom. The Morgan fingerprint density at radius 1 is 1.22 bits per heavy atom. The Labute approximate surface area is 138 Å². The molecule has 0 radical (unpaired) electrons. The largest absolute Gasteiger partial charge is 0.355 e. The van der Waals surface area contributed by atoms with Crippen LogP contribution in [0, 0.1) is 5.92 Å². The predicted molar refractivity (Wildman–Crippen MR) is 93.8 cm³/mol. The number of hydrogen-bond donors (Lipinski definition) is 3. The summed E-state index contributed by atoms with van der Waals surface area (Å²) in [6.45, 7) is 1.55. The summed E-state index contributed by atoms with van der Waals surface area (Å²) in [7, 11) is -1.55. The van der Waals surface area contributed by atoms with Gasteiger partial charge in [-0.1, -0.05) is 36.8 Å². The number of nitrogens with zero attached hydrogens (tertiary/aromatic N) is 1. The van der Waals surface area contributed by atoms with Gasteiger partial charge in [0.1, 0.15) is 0 Å². The van der Waals surface area contributed by atoms with E-state index in [0.29, 0.717) is 31.5 Å². The topological polar surface area (TPSA) is 82.6 Å². The molecule has 7 heteroatoms. The molecule has 1 aliphatic rings. The fourth-order valence-electron chi connectivity index (χ4n) is 2.32. The summed E-state index contributed by atoms with van der Waals surface area (Å²) in [5.41, 5.74) is 1.14. The van der Waals surface area contributed by atoms with Crippen LogP contribution in [0.2, 0.25) is 0 Å². The van der Waals surface area contributed by atoms with Crippen molar-refractivity contribution in [3.8, 4) is 0 Å². The van der Waals surface area contributed by atoms with Gasteiger partial charge in [0.05, 0.1) is 5.75 Å². The first kappa shape index (κ1) is 17.7. The van der Waals surface area contributed by atoms with E-state index >= 15 is 0 Å². The Hall–Kier alpha value is -1.60. The molecular formula is C16H26N4O2S. The summed E-state index contributed by atoms with van der Waals surface area (Å²) < 4.78 is 26.5. The highest BCUT2D eigenvalue weighted by molar-refractivity contribution is 7.89.